The average Bonchev–Trinajstić information content (AvgIpc) is 3.17. The monoisotopic (exact) mass is 562 g/mol. The molecule has 0 atom stereocenters. The van der Waals surface area contributed by atoms with Crippen LogP contribution in [0.5, 0.6) is 11.5 Å². The van der Waals surface area contributed by atoms with Crippen molar-refractivity contribution in [2.75, 3.05) is 18.5 Å². The fourth-order valence-corrected chi connectivity index (χ4v) is 4.85. The summed E-state index contributed by atoms with van der Waals surface area (Å²) in [6.45, 7) is 6.06. The maximum atomic E-state index is 13.0. The van der Waals surface area contributed by atoms with Crippen LogP contribution in [0.2, 0.25) is 5.02 Å². The van der Waals surface area contributed by atoms with Crippen molar-refractivity contribution in [3.8, 4) is 11.5 Å². The van der Waals surface area contributed by atoms with Crippen molar-refractivity contribution in [2.24, 2.45) is 0 Å². The van der Waals surface area contributed by atoms with E-state index in [0.29, 0.717) is 47.4 Å². The summed E-state index contributed by atoms with van der Waals surface area (Å²) >= 11 is 6.78. The van der Waals surface area contributed by atoms with E-state index >= 15 is 0 Å². The molecule has 0 bridgehead atoms. The van der Waals surface area contributed by atoms with Gasteiger partial charge < -0.3 is 14.8 Å². The molecule has 1 aliphatic rings. The van der Waals surface area contributed by atoms with E-state index in [1.54, 1.807) is 54.6 Å². The molecular weight excluding hydrogens is 536 g/mol. The number of amides is 3. The minimum atomic E-state index is -0.528. The molecule has 9 heteroatoms. The Kier molecular flexibility index (Phi) is 9.46. The molecule has 1 N–H and O–H groups in total. The molecule has 3 aromatic rings. The van der Waals surface area contributed by atoms with Crippen molar-refractivity contribution < 1.29 is 23.9 Å². The largest absolute Gasteiger partial charge is 0.490 e. The lowest BCUT2D eigenvalue weighted by atomic mass is 10.0. The van der Waals surface area contributed by atoms with Crippen molar-refractivity contribution in [3.63, 3.8) is 0 Å². The molecule has 0 spiro atoms. The number of carbonyl (C=O) groups excluding carboxylic acids is 3. The number of para-hydroxylation sites is 1. The third-order valence-electron chi connectivity index (χ3n) is 5.65. The minimum Gasteiger partial charge on any atom is -0.490 e. The number of thioether (sulfide) groups is 1. The average molecular weight is 563 g/mol. The van der Waals surface area contributed by atoms with E-state index in [4.69, 9.17) is 21.1 Å². The Morgan fingerprint density at radius 3 is 2.51 bits per heavy atom. The van der Waals surface area contributed by atoms with E-state index in [9.17, 15) is 14.4 Å². The molecule has 0 saturated carbocycles. The summed E-state index contributed by atoms with van der Waals surface area (Å²) in [5, 5.41) is 2.83. The number of anilines is 1. The summed E-state index contributed by atoms with van der Waals surface area (Å²) in [5.74, 6) is 0.103. The summed E-state index contributed by atoms with van der Waals surface area (Å²) in [7, 11) is 0. The van der Waals surface area contributed by atoms with Crippen LogP contribution < -0.4 is 14.8 Å². The topological polar surface area (TPSA) is 84.9 Å². The molecule has 1 aliphatic heterocycles. The standard InChI is InChI=1S/C30H27ClN2O5S/c1-3-8-22-15-21(16-25(37-4-2)28(22)38-19-20-11-13-23(31)14-12-20)17-26-29(35)33(30(36)39-26)18-27(34)32-24-9-6-5-7-10-24/h3,5-7,9-17H,1,4,8,18-19H2,2H3,(H,32,34)/b26-17-. The van der Waals surface area contributed by atoms with Crippen LogP contribution in [-0.4, -0.2) is 35.1 Å². The Balaban J connectivity index is 1.55. The van der Waals surface area contributed by atoms with Gasteiger partial charge in [-0.2, -0.15) is 0 Å². The maximum Gasteiger partial charge on any atom is 0.294 e. The van der Waals surface area contributed by atoms with Gasteiger partial charge in [-0.15, -0.1) is 6.58 Å². The van der Waals surface area contributed by atoms with Crippen LogP contribution in [0, 0.1) is 0 Å². The van der Waals surface area contributed by atoms with Gasteiger partial charge in [0.05, 0.1) is 11.5 Å². The number of nitrogens with zero attached hydrogens (tertiary/aromatic N) is 1. The van der Waals surface area contributed by atoms with Crippen molar-refractivity contribution in [1.82, 2.24) is 4.90 Å². The van der Waals surface area contributed by atoms with Gasteiger partial charge in [0.15, 0.2) is 11.5 Å². The van der Waals surface area contributed by atoms with Crippen LogP contribution in [0.4, 0.5) is 10.5 Å². The summed E-state index contributed by atoms with van der Waals surface area (Å²) < 4.78 is 12.0. The summed E-state index contributed by atoms with van der Waals surface area (Å²) in [4.78, 5) is 39.2. The second kappa shape index (κ2) is 13.2. The lowest BCUT2D eigenvalue weighted by Gasteiger charge is -2.17. The molecule has 0 aromatic heterocycles. The van der Waals surface area contributed by atoms with Crippen LogP contribution in [0.15, 0.2) is 84.3 Å². The quantitative estimate of drug-likeness (QED) is 0.206. The summed E-state index contributed by atoms with van der Waals surface area (Å²) in [5.41, 5.74) is 3.01. The summed E-state index contributed by atoms with van der Waals surface area (Å²) in [6, 6.07) is 19.9. The van der Waals surface area contributed by atoms with Crippen molar-refractivity contribution in [1.29, 1.82) is 0 Å². The van der Waals surface area contributed by atoms with Gasteiger partial charge >= 0.3 is 0 Å². The van der Waals surface area contributed by atoms with Gasteiger partial charge in [-0.1, -0.05) is 48.0 Å². The van der Waals surface area contributed by atoms with Crippen LogP contribution in [0.25, 0.3) is 6.08 Å². The number of benzene rings is 3. The lowest BCUT2D eigenvalue weighted by molar-refractivity contribution is -0.127. The van der Waals surface area contributed by atoms with E-state index in [1.165, 1.54) is 0 Å². The van der Waals surface area contributed by atoms with Gasteiger partial charge in [-0.25, -0.2) is 0 Å². The number of nitrogens with one attached hydrogen (secondary N) is 1. The number of halogens is 1. The number of rotatable bonds is 11. The molecule has 0 radical (unpaired) electrons. The predicted molar refractivity (Wildman–Crippen MR) is 155 cm³/mol. The first-order chi connectivity index (χ1) is 18.9. The second-order valence-electron chi connectivity index (χ2n) is 8.53. The first-order valence-electron chi connectivity index (χ1n) is 12.3. The minimum absolute atomic E-state index is 0.217. The highest BCUT2D eigenvalue weighted by molar-refractivity contribution is 8.18. The number of hydrogen-bond donors (Lipinski definition) is 1. The first kappa shape index (κ1) is 28.0. The number of allylic oxidation sites excluding steroid dienone is 1. The smallest absolute Gasteiger partial charge is 0.294 e. The van der Waals surface area contributed by atoms with Gasteiger partial charge in [0, 0.05) is 16.3 Å². The highest BCUT2D eigenvalue weighted by Gasteiger charge is 2.36. The molecule has 1 saturated heterocycles. The van der Waals surface area contributed by atoms with Gasteiger partial charge in [0.25, 0.3) is 11.1 Å². The zero-order valence-electron chi connectivity index (χ0n) is 21.3. The molecule has 39 heavy (non-hydrogen) atoms. The lowest BCUT2D eigenvalue weighted by Crippen LogP contribution is -2.36. The Bertz CT molecular complexity index is 1410. The highest BCUT2D eigenvalue weighted by Crippen LogP contribution is 2.38. The molecule has 200 valence electrons. The Labute approximate surface area is 236 Å². The van der Waals surface area contributed by atoms with Gasteiger partial charge in [-0.3, -0.25) is 19.3 Å². The van der Waals surface area contributed by atoms with E-state index in [-0.39, 0.29) is 11.4 Å². The third kappa shape index (κ3) is 7.31. The summed E-state index contributed by atoms with van der Waals surface area (Å²) in [6.07, 6.45) is 3.88. The number of hydrogen-bond acceptors (Lipinski definition) is 6. The SMILES string of the molecule is C=CCc1cc(/C=C2\SC(=O)N(CC(=O)Nc3ccccc3)C2=O)cc(OCC)c1OCc1ccc(Cl)cc1. The predicted octanol–water partition coefficient (Wildman–Crippen LogP) is 6.72. The van der Waals surface area contributed by atoms with Crippen LogP contribution >= 0.6 is 23.4 Å². The number of ether oxygens (including phenoxy) is 2. The van der Waals surface area contributed by atoms with Gasteiger partial charge in [-0.05, 0) is 78.7 Å². The van der Waals surface area contributed by atoms with Crippen LogP contribution in [-0.2, 0) is 22.6 Å². The van der Waals surface area contributed by atoms with Crippen molar-refractivity contribution in [2.45, 2.75) is 20.0 Å². The molecule has 1 heterocycles. The first-order valence-corrected chi connectivity index (χ1v) is 13.5. The van der Waals surface area contributed by atoms with Crippen LogP contribution in [0.3, 0.4) is 0 Å². The molecule has 0 unspecified atom stereocenters. The molecule has 7 nitrogen and oxygen atoms in total. The van der Waals surface area contributed by atoms with Crippen molar-refractivity contribution >= 4 is 52.2 Å². The zero-order chi connectivity index (χ0) is 27.8. The van der Waals surface area contributed by atoms with E-state index < -0.39 is 17.1 Å². The molecule has 4 rings (SSSR count). The van der Waals surface area contributed by atoms with E-state index in [1.807, 2.05) is 31.2 Å². The Morgan fingerprint density at radius 2 is 1.82 bits per heavy atom. The fourth-order valence-electron chi connectivity index (χ4n) is 3.89. The highest BCUT2D eigenvalue weighted by atomic mass is 35.5. The molecule has 1 fully saturated rings. The van der Waals surface area contributed by atoms with Gasteiger partial charge in [0.1, 0.15) is 13.2 Å². The van der Waals surface area contributed by atoms with Crippen molar-refractivity contribution in [3.05, 3.63) is 106 Å². The molecule has 0 aliphatic carbocycles. The second-order valence-corrected chi connectivity index (χ2v) is 9.96. The Hall–Kier alpha value is -4.01. The Morgan fingerprint density at radius 1 is 1.08 bits per heavy atom. The third-order valence-corrected chi connectivity index (χ3v) is 6.80. The number of carbonyl (C=O) groups is 3. The molecule has 3 aromatic carbocycles. The zero-order valence-corrected chi connectivity index (χ0v) is 22.9. The molecule has 3 amide bonds. The fraction of sp³-hybridized carbons (Fsp3) is 0.167. The van der Waals surface area contributed by atoms with Crippen LogP contribution in [0.1, 0.15) is 23.6 Å². The van der Waals surface area contributed by atoms with E-state index in [2.05, 4.69) is 11.9 Å². The number of imide groups is 1. The van der Waals surface area contributed by atoms with Gasteiger partial charge in [0.2, 0.25) is 5.91 Å². The maximum absolute atomic E-state index is 13.0. The normalized spacial score (nSPS) is 14.0. The molecular formula is C30H27ClN2O5S. The van der Waals surface area contributed by atoms with E-state index in [0.717, 1.165) is 27.8 Å².